The number of unbranched alkanes of at least 4 members (excludes halogenated alkanes) is 1. The largest absolute Gasteiger partial charge is 0.397 e. The average Bonchev–Trinajstić information content (AvgIpc) is 2.49. The number of ether oxygens (including phenoxy) is 1. The van der Waals surface area contributed by atoms with E-state index < -0.39 is 0 Å². The number of rotatable bonds is 6. The van der Waals surface area contributed by atoms with E-state index in [4.69, 9.17) is 22.1 Å². The maximum Gasteiger partial charge on any atom is 0.0899 e. The maximum atomic E-state index is 6.52. The van der Waals surface area contributed by atoms with Crippen LogP contribution < -0.4 is 5.73 Å². The van der Waals surface area contributed by atoms with E-state index in [1.54, 1.807) is 13.3 Å². The summed E-state index contributed by atoms with van der Waals surface area (Å²) in [5.74, 6) is 1.37. The van der Waals surface area contributed by atoms with Crippen molar-refractivity contribution in [3.05, 3.63) is 22.5 Å². The molecule has 0 bridgehead atoms. The van der Waals surface area contributed by atoms with Gasteiger partial charge in [-0.15, -0.1) is 0 Å². The second kappa shape index (κ2) is 8.00. The Hall–Kier alpha value is -0.800. The molecular formula is C17H27ClN2O. The molecule has 1 fully saturated rings. The lowest BCUT2D eigenvalue weighted by molar-refractivity contribution is 0.181. The Kier molecular flexibility index (Phi) is 6.31. The molecule has 0 atom stereocenters. The number of methoxy groups -OCH3 is 1. The van der Waals surface area contributed by atoms with E-state index in [2.05, 4.69) is 11.9 Å². The number of aromatic nitrogens is 1. The minimum atomic E-state index is 0.442. The first-order chi connectivity index (χ1) is 10.2. The van der Waals surface area contributed by atoms with Gasteiger partial charge in [0, 0.05) is 12.7 Å². The first kappa shape index (κ1) is 16.6. The minimum Gasteiger partial charge on any atom is -0.397 e. The Morgan fingerprint density at radius 1 is 1.33 bits per heavy atom. The fraction of sp³-hybridized carbons (Fsp3) is 0.706. The lowest BCUT2D eigenvalue weighted by atomic mass is 9.76. The third kappa shape index (κ3) is 4.10. The molecule has 3 nitrogen and oxygen atoms in total. The number of nitrogens with zero attached hydrogens (tertiary/aromatic N) is 1. The fourth-order valence-electron chi connectivity index (χ4n) is 3.44. The molecule has 1 aliphatic carbocycles. The van der Waals surface area contributed by atoms with Crippen LogP contribution in [0.3, 0.4) is 0 Å². The van der Waals surface area contributed by atoms with Crippen molar-refractivity contribution >= 4 is 17.3 Å². The van der Waals surface area contributed by atoms with Gasteiger partial charge in [0.05, 0.1) is 29.2 Å². The highest BCUT2D eigenvalue weighted by Crippen LogP contribution is 2.42. The normalized spacial score (nSPS) is 22.4. The molecule has 4 heteroatoms. The van der Waals surface area contributed by atoms with Gasteiger partial charge >= 0.3 is 0 Å². The molecule has 0 aromatic carbocycles. The molecule has 0 aliphatic heterocycles. The van der Waals surface area contributed by atoms with Gasteiger partial charge in [-0.2, -0.15) is 0 Å². The lowest BCUT2D eigenvalue weighted by Gasteiger charge is -2.30. The van der Waals surface area contributed by atoms with Crippen LogP contribution in [-0.4, -0.2) is 12.1 Å². The third-order valence-corrected chi connectivity index (χ3v) is 5.08. The summed E-state index contributed by atoms with van der Waals surface area (Å²) in [6, 6.07) is 0. The number of nitrogen functional groups attached to an aromatic ring is 1. The number of halogens is 1. The second-order valence-corrected chi connectivity index (χ2v) is 6.56. The van der Waals surface area contributed by atoms with Crippen LogP contribution in [0.2, 0.25) is 5.02 Å². The summed E-state index contributed by atoms with van der Waals surface area (Å²) < 4.78 is 5.16. The Balaban J connectivity index is 2.07. The van der Waals surface area contributed by atoms with Crippen molar-refractivity contribution in [2.75, 3.05) is 12.8 Å². The Morgan fingerprint density at radius 3 is 2.67 bits per heavy atom. The Morgan fingerprint density at radius 2 is 2.05 bits per heavy atom. The van der Waals surface area contributed by atoms with Crippen LogP contribution in [0.25, 0.3) is 0 Å². The SMILES string of the molecule is CCCCC1CCC(c2c(N)cnc(COC)c2Cl)CC1. The van der Waals surface area contributed by atoms with E-state index in [1.807, 2.05) is 0 Å². The molecule has 118 valence electrons. The van der Waals surface area contributed by atoms with Crippen LogP contribution in [0.15, 0.2) is 6.20 Å². The van der Waals surface area contributed by atoms with Gasteiger partial charge in [-0.25, -0.2) is 0 Å². The molecule has 21 heavy (non-hydrogen) atoms. The summed E-state index contributed by atoms with van der Waals surface area (Å²) in [5, 5.41) is 0.717. The fourth-order valence-corrected chi connectivity index (χ4v) is 3.81. The Bertz CT molecular complexity index is 456. The molecule has 1 aliphatic rings. The summed E-state index contributed by atoms with van der Waals surface area (Å²) in [5.41, 5.74) is 8.78. The predicted molar refractivity (Wildman–Crippen MR) is 88.6 cm³/mol. The summed E-state index contributed by atoms with van der Waals surface area (Å²) >= 11 is 6.52. The molecule has 0 unspecified atom stereocenters. The molecule has 2 rings (SSSR count). The summed E-state index contributed by atoms with van der Waals surface area (Å²) in [4.78, 5) is 4.30. The standard InChI is InChI=1S/C17H27ClN2O/c1-3-4-5-12-6-8-13(9-7-12)16-14(19)10-20-15(11-21-2)17(16)18/h10,12-13H,3-9,11,19H2,1-2H3. The molecule has 1 heterocycles. The molecule has 0 radical (unpaired) electrons. The van der Waals surface area contributed by atoms with Crippen LogP contribution in [0.1, 0.15) is 69.0 Å². The molecule has 1 aromatic heterocycles. The zero-order valence-corrected chi connectivity index (χ0v) is 14.0. The average molecular weight is 311 g/mol. The van der Waals surface area contributed by atoms with E-state index in [9.17, 15) is 0 Å². The molecule has 1 aromatic rings. The van der Waals surface area contributed by atoms with Crippen LogP contribution in [-0.2, 0) is 11.3 Å². The van der Waals surface area contributed by atoms with Crippen molar-refractivity contribution in [1.29, 1.82) is 0 Å². The van der Waals surface area contributed by atoms with Crippen molar-refractivity contribution in [2.24, 2.45) is 5.92 Å². The summed E-state index contributed by atoms with van der Waals surface area (Å²) in [6.07, 6.45) is 10.7. The maximum absolute atomic E-state index is 6.52. The van der Waals surface area contributed by atoms with Crippen molar-refractivity contribution in [3.63, 3.8) is 0 Å². The van der Waals surface area contributed by atoms with E-state index >= 15 is 0 Å². The second-order valence-electron chi connectivity index (χ2n) is 6.18. The van der Waals surface area contributed by atoms with Gasteiger partial charge in [0.1, 0.15) is 0 Å². The lowest BCUT2D eigenvalue weighted by Crippen LogP contribution is -2.16. The van der Waals surface area contributed by atoms with Crippen LogP contribution >= 0.6 is 11.6 Å². The minimum absolute atomic E-state index is 0.442. The van der Waals surface area contributed by atoms with Crippen molar-refractivity contribution in [3.8, 4) is 0 Å². The van der Waals surface area contributed by atoms with Crippen molar-refractivity contribution < 1.29 is 4.74 Å². The zero-order valence-electron chi connectivity index (χ0n) is 13.2. The van der Waals surface area contributed by atoms with Crippen LogP contribution in [0.4, 0.5) is 5.69 Å². The molecule has 1 saturated carbocycles. The molecular weight excluding hydrogens is 284 g/mol. The number of pyridine rings is 1. The molecule has 2 N–H and O–H groups in total. The van der Waals surface area contributed by atoms with E-state index in [0.717, 1.165) is 22.9 Å². The quantitative estimate of drug-likeness (QED) is 0.810. The third-order valence-electron chi connectivity index (χ3n) is 4.66. The monoisotopic (exact) mass is 310 g/mol. The van der Waals surface area contributed by atoms with Gasteiger partial charge in [-0.05, 0) is 37.5 Å². The van der Waals surface area contributed by atoms with E-state index in [-0.39, 0.29) is 0 Å². The van der Waals surface area contributed by atoms with Gasteiger partial charge in [-0.1, -0.05) is 37.8 Å². The number of nitrogens with two attached hydrogens (primary N) is 1. The predicted octanol–water partition coefficient (Wildman–Crippen LogP) is 4.93. The Labute approximate surface area is 133 Å². The van der Waals surface area contributed by atoms with E-state index in [1.165, 1.54) is 44.9 Å². The van der Waals surface area contributed by atoms with E-state index in [0.29, 0.717) is 17.5 Å². The van der Waals surface area contributed by atoms with Crippen molar-refractivity contribution in [2.45, 2.75) is 64.4 Å². The first-order valence-electron chi connectivity index (χ1n) is 8.09. The topological polar surface area (TPSA) is 48.1 Å². The molecule has 0 saturated heterocycles. The number of hydrogen-bond acceptors (Lipinski definition) is 3. The highest BCUT2D eigenvalue weighted by Gasteiger charge is 2.26. The summed E-state index contributed by atoms with van der Waals surface area (Å²) in [7, 11) is 1.66. The van der Waals surface area contributed by atoms with Gasteiger partial charge in [0.2, 0.25) is 0 Å². The molecule has 0 spiro atoms. The van der Waals surface area contributed by atoms with Crippen LogP contribution in [0.5, 0.6) is 0 Å². The highest BCUT2D eigenvalue weighted by atomic mass is 35.5. The number of hydrogen-bond donors (Lipinski definition) is 1. The van der Waals surface area contributed by atoms with Gasteiger partial charge in [-0.3, -0.25) is 4.98 Å². The van der Waals surface area contributed by atoms with Crippen molar-refractivity contribution in [1.82, 2.24) is 4.98 Å². The van der Waals surface area contributed by atoms with Gasteiger partial charge in [0.25, 0.3) is 0 Å². The first-order valence-corrected chi connectivity index (χ1v) is 8.46. The number of anilines is 1. The summed E-state index contributed by atoms with van der Waals surface area (Å²) in [6.45, 7) is 2.71. The zero-order chi connectivity index (χ0) is 15.2. The smallest absolute Gasteiger partial charge is 0.0899 e. The van der Waals surface area contributed by atoms with Gasteiger partial charge < -0.3 is 10.5 Å². The highest BCUT2D eigenvalue weighted by molar-refractivity contribution is 6.32. The molecule has 0 amide bonds. The van der Waals surface area contributed by atoms with Gasteiger partial charge in [0.15, 0.2) is 0 Å². The van der Waals surface area contributed by atoms with Crippen LogP contribution in [0, 0.1) is 5.92 Å².